The number of nitrogens with two attached hydrogens (primary N) is 1. The highest BCUT2D eigenvalue weighted by Gasteiger charge is 2.27. The number of H-pyrrole nitrogens is 2. The molecule has 94 valence electrons. The van der Waals surface area contributed by atoms with Gasteiger partial charge in [-0.15, -0.1) is 0 Å². The topological polar surface area (TPSA) is 99.6 Å². The Morgan fingerprint density at radius 2 is 2.28 bits per heavy atom. The molecule has 3 rings (SSSR count). The molecular formula is C11H12BrN5O. The molecule has 0 saturated heterocycles. The molecule has 0 bridgehead atoms. The Labute approximate surface area is 111 Å². The lowest BCUT2D eigenvalue weighted by Gasteiger charge is -2.11. The van der Waals surface area contributed by atoms with E-state index in [1.54, 1.807) is 6.20 Å². The van der Waals surface area contributed by atoms with Crippen molar-refractivity contribution in [2.45, 2.75) is 12.3 Å². The molecule has 1 amide bonds. The second kappa shape index (κ2) is 4.16. The summed E-state index contributed by atoms with van der Waals surface area (Å²) >= 11 is 3.36. The summed E-state index contributed by atoms with van der Waals surface area (Å²) in [5, 5.41) is 2.86. The number of aromatic nitrogens is 3. The number of nitrogen functional groups attached to an aromatic ring is 1. The average molecular weight is 310 g/mol. The molecule has 0 radical (unpaired) electrons. The summed E-state index contributed by atoms with van der Waals surface area (Å²) in [6.45, 7) is 0.628. The Morgan fingerprint density at radius 1 is 1.44 bits per heavy atom. The lowest BCUT2D eigenvalue weighted by Crippen LogP contribution is -2.23. The summed E-state index contributed by atoms with van der Waals surface area (Å²) in [4.78, 5) is 22.0. The number of carbonyl (C=O) groups is 1. The van der Waals surface area contributed by atoms with Crippen LogP contribution >= 0.6 is 15.9 Å². The zero-order chi connectivity index (χ0) is 12.7. The largest absolute Gasteiger partial charge is 0.369 e. The Hall–Kier alpha value is -1.76. The van der Waals surface area contributed by atoms with Gasteiger partial charge in [-0.2, -0.15) is 0 Å². The van der Waals surface area contributed by atoms with Crippen LogP contribution < -0.4 is 11.1 Å². The number of rotatable bonds is 1. The summed E-state index contributed by atoms with van der Waals surface area (Å²) in [5.74, 6) is 0.404. The van der Waals surface area contributed by atoms with Crippen molar-refractivity contribution in [3.05, 3.63) is 33.8 Å². The van der Waals surface area contributed by atoms with E-state index in [1.165, 1.54) is 0 Å². The number of nitrogens with one attached hydrogen (secondary N) is 3. The van der Waals surface area contributed by atoms with Gasteiger partial charge in [-0.25, -0.2) is 4.98 Å². The van der Waals surface area contributed by atoms with Crippen molar-refractivity contribution in [3.8, 4) is 0 Å². The van der Waals surface area contributed by atoms with Gasteiger partial charge in [-0.3, -0.25) is 4.79 Å². The number of nitrogens with zero attached hydrogens (tertiary/aromatic N) is 1. The van der Waals surface area contributed by atoms with Crippen molar-refractivity contribution in [2.75, 3.05) is 12.3 Å². The SMILES string of the molecule is Nc1ncc(C2CCNC(=O)c3[nH]c(Br)cc32)[nH]1. The van der Waals surface area contributed by atoms with Crippen molar-refractivity contribution in [1.29, 1.82) is 0 Å². The van der Waals surface area contributed by atoms with Crippen molar-refractivity contribution in [2.24, 2.45) is 0 Å². The highest BCUT2D eigenvalue weighted by Crippen LogP contribution is 2.33. The first-order valence-corrected chi connectivity index (χ1v) is 6.41. The Bertz CT molecular complexity index is 602. The predicted octanol–water partition coefficient (Wildman–Crippen LogP) is 1.35. The first-order valence-electron chi connectivity index (χ1n) is 5.62. The van der Waals surface area contributed by atoms with E-state index in [-0.39, 0.29) is 11.8 Å². The van der Waals surface area contributed by atoms with Crippen LogP contribution in [0, 0.1) is 0 Å². The Morgan fingerprint density at radius 3 is 3.00 bits per heavy atom. The average Bonchev–Trinajstić information content (AvgIpc) is 2.88. The zero-order valence-electron chi connectivity index (χ0n) is 9.46. The molecule has 0 aromatic carbocycles. The van der Waals surface area contributed by atoms with Gasteiger partial charge >= 0.3 is 0 Å². The molecule has 1 atom stereocenters. The van der Waals surface area contributed by atoms with E-state index in [1.807, 2.05) is 6.07 Å². The number of aromatic amines is 2. The second-order valence-corrected chi connectivity index (χ2v) is 5.12. The first kappa shape index (κ1) is 11.3. The molecule has 2 aromatic heterocycles. The maximum atomic E-state index is 11.9. The quantitative estimate of drug-likeness (QED) is 0.639. The minimum atomic E-state index is -0.0781. The molecule has 0 fully saturated rings. The first-order chi connectivity index (χ1) is 8.65. The van der Waals surface area contributed by atoms with Gasteiger partial charge < -0.3 is 21.0 Å². The van der Waals surface area contributed by atoms with Crippen LogP contribution in [0.4, 0.5) is 5.95 Å². The molecule has 2 aromatic rings. The number of imidazole rings is 1. The molecule has 1 unspecified atom stereocenters. The van der Waals surface area contributed by atoms with Gasteiger partial charge in [0.25, 0.3) is 5.91 Å². The van der Waals surface area contributed by atoms with Crippen LogP contribution in [0.25, 0.3) is 0 Å². The van der Waals surface area contributed by atoms with Crippen molar-refractivity contribution in [3.63, 3.8) is 0 Å². The highest BCUT2D eigenvalue weighted by molar-refractivity contribution is 9.10. The molecular weight excluding hydrogens is 298 g/mol. The van der Waals surface area contributed by atoms with E-state index in [0.717, 1.165) is 22.3 Å². The van der Waals surface area contributed by atoms with Gasteiger partial charge in [0.05, 0.1) is 10.8 Å². The molecule has 0 aliphatic carbocycles. The molecule has 1 aliphatic rings. The minimum Gasteiger partial charge on any atom is -0.369 e. The fourth-order valence-electron chi connectivity index (χ4n) is 2.32. The van der Waals surface area contributed by atoms with Gasteiger partial charge in [0, 0.05) is 18.2 Å². The Kier molecular flexibility index (Phi) is 2.62. The smallest absolute Gasteiger partial charge is 0.268 e. The number of amides is 1. The van der Waals surface area contributed by atoms with Crippen LogP contribution in [0.3, 0.4) is 0 Å². The summed E-state index contributed by atoms with van der Waals surface area (Å²) in [7, 11) is 0. The molecule has 0 spiro atoms. The van der Waals surface area contributed by atoms with E-state index >= 15 is 0 Å². The number of fused-ring (bicyclic) bond motifs is 1. The van der Waals surface area contributed by atoms with E-state index in [9.17, 15) is 4.79 Å². The maximum Gasteiger partial charge on any atom is 0.268 e. The van der Waals surface area contributed by atoms with Crippen LogP contribution in [0.1, 0.15) is 34.1 Å². The monoisotopic (exact) mass is 309 g/mol. The van der Waals surface area contributed by atoms with E-state index in [4.69, 9.17) is 5.73 Å². The zero-order valence-corrected chi connectivity index (χ0v) is 11.0. The Balaban J connectivity index is 2.10. The number of anilines is 1. The van der Waals surface area contributed by atoms with Crippen molar-refractivity contribution < 1.29 is 4.79 Å². The summed E-state index contributed by atoms with van der Waals surface area (Å²) in [6, 6.07) is 1.93. The van der Waals surface area contributed by atoms with Crippen LogP contribution in [-0.4, -0.2) is 27.4 Å². The van der Waals surface area contributed by atoms with E-state index in [2.05, 4.69) is 36.2 Å². The third-order valence-electron chi connectivity index (χ3n) is 3.13. The van der Waals surface area contributed by atoms with Crippen LogP contribution in [-0.2, 0) is 0 Å². The highest BCUT2D eigenvalue weighted by atomic mass is 79.9. The molecule has 3 heterocycles. The normalized spacial score (nSPS) is 19.2. The third-order valence-corrected chi connectivity index (χ3v) is 3.55. The number of hydrogen-bond donors (Lipinski definition) is 4. The lowest BCUT2D eigenvalue weighted by molar-refractivity contribution is 0.0951. The molecule has 5 N–H and O–H groups in total. The fraction of sp³-hybridized carbons (Fsp3) is 0.273. The summed E-state index contributed by atoms with van der Waals surface area (Å²) in [5.41, 5.74) is 8.09. The van der Waals surface area contributed by atoms with Crippen LogP contribution in [0.5, 0.6) is 0 Å². The summed E-state index contributed by atoms with van der Waals surface area (Å²) in [6.07, 6.45) is 2.53. The standard InChI is InChI=1S/C11H12BrN5O/c12-8-3-6-5(7-4-15-11(13)16-7)1-2-14-10(18)9(6)17-8/h3-5,17H,1-2H2,(H,14,18)(H3,13,15,16). The van der Waals surface area contributed by atoms with Crippen molar-refractivity contribution in [1.82, 2.24) is 20.3 Å². The van der Waals surface area contributed by atoms with E-state index in [0.29, 0.717) is 18.2 Å². The van der Waals surface area contributed by atoms with Crippen molar-refractivity contribution >= 4 is 27.8 Å². The van der Waals surface area contributed by atoms with E-state index < -0.39 is 0 Å². The molecule has 6 nitrogen and oxygen atoms in total. The van der Waals surface area contributed by atoms with Gasteiger partial charge in [0.15, 0.2) is 5.95 Å². The van der Waals surface area contributed by atoms with Gasteiger partial charge in [-0.1, -0.05) is 0 Å². The molecule has 0 saturated carbocycles. The number of hydrogen-bond acceptors (Lipinski definition) is 3. The van der Waals surface area contributed by atoms with Crippen LogP contribution in [0.15, 0.2) is 16.9 Å². The summed E-state index contributed by atoms with van der Waals surface area (Å²) < 4.78 is 0.794. The third kappa shape index (κ3) is 1.80. The van der Waals surface area contributed by atoms with Gasteiger partial charge in [0.1, 0.15) is 5.69 Å². The lowest BCUT2D eigenvalue weighted by atomic mass is 9.94. The predicted molar refractivity (Wildman–Crippen MR) is 70.3 cm³/mol. The molecule has 18 heavy (non-hydrogen) atoms. The number of carbonyl (C=O) groups excluding carboxylic acids is 1. The van der Waals surface area contributed by atoms with Crippen LogP contribution in [0.2, 0.25) is 0 Å². The fourth-order valence-corrected chi connectivity index (χ4v) is 2.77. The molecule has 1 aliphatic heterocycles. The van der Waals surface area contributed by atoms with Gasteiger partial charge in [0.2, 0.25) is 0 Å². The number of halogens is 1. The minimum absolute atomic E-state index is 0.0781. The maximum absolute atomic E-state index is 11.9. The van der Waals surface area contributed by atoms with Gasteiger partial charge in [-0.05, 0) is 34.0 Å². The molecule has 7 heteroatoms. The second-order valence-electron chi connectivity index (χ2n) is 4.27.